The van der Waals surface area contributed by atoms with Gasteiger partial charge in [-0.1, -0.05) is 50.2 Å². The van der Waals surface area contributed by atoms with Crippen LogP contribution in [0.2, 0.25) is 0 Å². The van der Waals surface area contributed by atoms with Gasteiger partial charge in [0.1, 0.15) is 5.75 Å². The predicted octanol–water partition coefficient (Wildman–Crippen LogP) is 5.00. The first-order chi connectivity index (χ1) is 12.1. The van der Waals surface area contributed by atoms with Gasteiger partial charge in [-0.25, -0.2) is 0 Å². The Morgan fingerprint density at radius 2 is 1.96 bits per heavy atom. The van der Waals surface area contributed by atoms with Crippen LogP contribution in [0.1, 0.15) is 30.9 Å². The number of benzene rings is 2. The van der Waals surface area contributed by atoms with E-state index in [1.54, 1.807) is 11.8 Å². The molecule has 0 spiro atoms. The van der Waals surface area contributed by atoms with E-state index < -0.39 is 0 Å². The zero-order valence-corrected chi connectivity index (χ0v) is 17.0. The molecule has 0 aromatic heterocycles. The second-order valence-corrected chi connectivity index (χ2v) is 7.98. The van der Waals surface area contributed by atoms with Gasteiger partial charge in [-0.15, -0.1) is 0 Å². The van der Waals surface area contributed by atoms with Gasteiger partial charge in [-0.05, 0) is 45.1 Å². The number of rotatable bonds is 9. The number of hydrogen-bond donors (Lipinski definition) is 1. The third-order valence-electron chi connectivity index (χ3n) is 3.66. The SMILES string of the molecule is CC(C)c1ccc(OCC(=O)NCCSCc2ccccc2)c(Br)c1. The molecule has 134 valence electrons. The van der Waals surface area contributed by atoms with Crippen molar-refractivity contribution in [3.8, 4) is 5.75 Å². The largest absolute Gasteiger partial charge is 0.483 e. The van der Waals surface area contributed by atoms with Crippen molar-refractivity contribution >= 4 is 33.6 Å². The first-order valence-corrected chi connectivity index (χ1v) is 10.3. The summed E-state index contributed by atoms with van der Waals surface area (Å²) in [5.41, 5.74) is 2.54. The summed E-state index contributed by atoms with van der Waals surface area (Å²) in [4.78, 5) is 11.9. The van der Waals surface area contributed by atoms with Crippen molar-refractivity contribution in [2.24, 2.45) is 0 Å². The van der Waals surface area contributed by atoms with Crippen LogP contribution in [-0.2, 0) is 10.5 Å². The number of hydrogen-bond acceptors (Lipinski definition) is 3. The lowest BCUT2D eigenvalue weighted by molar-refractivity contribution is -0.122. The lowest BCUT2D eigenvalue weighted by Gasteiger charge is -2.11. The van der Waals surface area contributed by atoms with Crippen molar-refractivity contribution in [3.05, 3.63) is 64.1 Å². The number of ether oxygens (including phenoxy) is 1. The van der Waals surface area contributed by atoms with Gasteiger partial charge in [0.25, 0.3) is 5.91 Å². The fourth-order valence-electron chi connectivity index (χ4n) is 2.21. The Kier molecular flexibility index (Phi) is 8.35. The molecule has 0 bridgehead atoms. The molecule has 0 fully saturated rings. The summed E-state index contributed by atoms with van der Waals surface area (Å²) in [7, 11) is 0. The Morgan fingerprint density at radius 3 is 2.64 bits per heavy atom. The van der Waals surface area contributed by atoms with Crippen LogP contribution >= 0.6 is 27.7 Å². The molecule has 0 radical (unpaired) electrons. The number of carbonyl (C=O) groups excluding carboxylic acids is 1. The molecule has 0 atom stereocenters. The number of nitrogens with one attached hydrogen (secondary N) is 1. The molecule has 2 rings (SSSR count). The molecular formula is C20H24BrNO2S. The molecule has 2 aromatic rings. The van der Waals surface area contributed by atoms with Crippen LogP contribution in [0.15, 0.2) is 53.0 Å². The molecular weight excluding hydrogens is 398 g/mol. The molecule has 25 heavy (non-hydrogen) atoms. The molecule has 0 heterocycles. The third-order valence-corrected chi connectivity index (χ3v) is 5.31. The van der Waals surface area contributed by atoms with Crippen LogP contribution < -0.4 is 10.1 Å². The smallest absolute Gasteiger partial charge is 0.257 e. The van der Waals surface area contributed by atoms with Gasteiger partial charge in [0.2, 0.25) is 0 Å². The minimum absolute atomic E-state index is 0.0307. The van der Waals surface area contributed by atoms with Gasteiger partial charge in [0.05, 0.1) is 4.47 Å². The highest BCUT2D eigenvalue weighted by Gasteiger charge is 2.08. The van der Waals surface area contributed by atoms with Crippen molar-refractivity contribution in [2.45, 2.75) is 25.5 Å². The number of thioether (sulfide) groups is 1. The normalized spacial score (nSPS) is 10.7. The summed E-state index contributed by atoms with van der Waals surface area (Å²) in [6, 6.07) is 16.3. The monoisotopic (exact) mass is 421 g/mol. The van der Waals surface area contributed by atoms with Crippen LogP contribution in [0.5, 0.6) is 5.75 Å². The quantitative estimate of drug-likeness (QED) is 0.578. The van der Waals surface area contributed by atoms with Gasteiger partial charge >= 0.3 is 0 Å². The lowest BCUT2D eigenvalue weighted by Crippen LogP contribution is -2.30. The maximum Gasteiger partial charge on any atom is 0.257 e. The highest BCUT2D eigenvalue weighted by atomic mass is 79.9. The van der Waals surface area contributed by atoms with E-state index in [0.29, 0.717) is 18.2 Å². The maximum absolute atomic E-state index is 11.9. The molecule has 1 N–H and O–H groups in total. The second kappa shape index (κ2) is 10.5. The molecule has 3 nitrogen and oxygen atoms in total. The van der Waals surface area contributed by atoms with Crippen molar-refractivity contribution in [1.82, 2.24) is 5.32 Å². The zero-order chi connectivity index (χ0) is 18.1. The second-order valence-electron chi connectivity index (χ2n) is 6.02. The number of carbonyl (C=O) groups is 1. The first kappa shape index (κ1) is 19.9. The Morgan fingerprint density at radius 1 is 1.20 bits per heavy atom. The van der Waals surface area contributed by atoms with Crippen LogP contribution in [0.3, 0.4) is 0 Å². The average Bonchev–Trinajstić information content (AvgIpc) is 2.61. The Hall–Kier alpha value is -1.46. The molecule has 0 aliphatic carbocycles. The maximum atomic E-state index is 11.9. The molecule has 1 amide bonds. The van der Waals surface area contributed by atoms with Crippen LogP contribution in [0.25, 0.3) is 0 Å². The van der Waals surface area contributed by atoms with Crippen LogP contribution in [0.4, 0.5) is 0 Å². The molecule has 0 unspecified atom stereocenters. The van der Waals surface area contributed by atoms with Crippen molar-refractivity contribution in [1.29, 1.82) is 0 Å². The first-order valence-electron chi connectivity index (χ1n) is 8.37. The van der Waals surface area contributed by atoms with E-state index in [4.69, 9.17) is 4.74 Å². The average molecular weight is 422 g/mol. The van der Waals surface area contributed by atoms with E-state index in [1.807, 2.05) is 36.4 Å². The van der Waals surface area contributed by atoms with Gasteiger partial charge < -0.3 is 10.1 Å². The standard InChI is InChI=1S/C20H24BrNO2S/c1-15(2)17-8-9-19(18(21)12-17)24-13-20(23)22-10-11-25-14-16-6-4-3-5-7-16/h3-9,12,15H,10-11,13-14H2,1-2H3,(H,22,23). The van der Waals surface area contributed by atoms with Crippen molar-refractivity contribution < 1.29 is 9.53 Å². The minimum Gasteiger partial charge on any atom is -0.483 e. The van der Waals surface area contributed by atoms with Gasteiger partial charge in [-0.2, -0.15) is 11.8 Å². The van der Waals surface area contributed by atoms with Crippen molar-refractivity contribution in [3.63, 3.8) is 0 Å². The van der Waals surface area contributed by atoms with E-state index in [9.17, 15) is 4.79 Å². The van der Waals surface area contributed by atoms with E-state index in [1.165, 1.54) is 11.1 Å². The molecule has 2 aromatic carbocycles. The van der Waals surface area contributed by atoms with E-state index in [2.05, 4.69) is 47.2 Å². The summed E-state index contributed by atoms with van der Waals surface area (Å²) < 4.78 is 6.47. The third kappa shape index (κ3) is 7.12. The van der Waals surface area contributed by atoms with Gasteiger partial charge in [0.15, 0.2) is 6.61 Å². The Bertz CT molecular complexity index is 677. The summed E-state index contributed by atoms with van der Waals surface area (Å²) in [6.45, 7) is 4.97. The van der Waals surface area contributed by atoms with Crippen molar-refractivity contribution in [2.75, 3.05) is 18.9 Å². The number of halogens is 1. The van der Waals surface area contributed by atoms with Crippen LogP contribution in [-0.4, -0.2) is 24.8 Å². The van der Waals surface area contributed by atoms with E-state index >= 15 is 0 Å². The predicted molar refractivity (Wildman–Crippen MR) is 109 cm³/mol. The van der Waals surface area contributed by atoms with E-state index in [-0.39, 0.29) is 12.5 Å². The Balaban J connectivity index is 1.64. The Labute approximate surface area is 162 Å². The highest BCUT2D eigenvalue weighted by Crippen LogP contribution is 2.28. The highest BCUT2D eigenvalue weighted by molar-refractivity contribution is 9.10. The summed E-state index contributed by atoms with van der Waals surface area (Å²) in [5, 5.41) is 2.89. The molecule has 0 saturated carbocycles. The molecule has 0 saturated heterocycles. The summed E-state index contributed by atoms with van der Waals surface area (Å²) in [5.74, 6) is 2.90. The fourth-order valence-corrected chi connectivity index (χ4v) is 3.54. The van der Waals surface area contributed by atoms with E-state index in [0.717, 1.165) is 16.0 Å². The van der Waals surface area contributed by atoms with Crippen LogP contribution in [0, 0.1) is 0 Å². The number of amides is 1. The van der Waals surface area contributed by atoms with Gasteiger partial charge in [-0.3, -0.25) is 4.79 Å². The summed E-state index contributed by atoms with van der Waals surface area (Å²) in [6.07, 6.45) is 0. The molecule has 0 aliphatic heterocycles. The molecule has 5 heteroatoms. The zero-order valence-electron chi connectivity index (χ0n) is 14.6. The fraction of sp³-hybridized carbons (Fsp3) is 0.350. The lowest BCUT2D eigenvalue weighted by atomic mass is 10.0. The summed E-state index contributed by atoms with van der Waals surface area (Å²) >= 11 is 5.31. The molecule has 0 aliphatic rings. The topological polar surface area (TPSA) is 38.3 Å². The van der Waals surface area contributed by atoms with Gasteiger partial charge in [0, 0.05) is 18.1 Å². The minimum atomic E-state index is -0.0971.